The molecule has 1 aromatic carbocycles. The molecular formula is C14H17FN2O3S. The van der Waals surface area contributed by atoms with E-state index in [-0.39, 0.29) is 18.2 Å². The number of nitrogens with zero attached hydrogens (tertiary/aromatic N) is 1. The topological polar surface area (TPSA) is 58.6 Å². The van der Waals surface area contributed by atoms with Gasteiger partial charge in [-0.15, -0.1) is 11.8 Å². The Morgan fingerprint density at radius 3 is 3.05 bits per heavy atom. The fraction of sp³-hybridized carbons (Fsp3) is 0.429. The number of nitrogens with one attached hydrogen (secondary N) is 1. The van der Waals surface area contributed by atoms with Gasteiger partial charge in [-0.25, -0.2) is 4.39 Å². The molecule has 0 radical (unpaired) electrons. The smallest absolute Gasteiger partial charge is 0.248 e. The highest BCUT2D eigenvalue weighted by Gasteiger charge is 2.34. The van der Waals surface area contributed by atoms with Crippen LogP contribution in [0.4, 0.5) is 10.1 Å². The fourth-order valence-electron chi connectivity index (χ4n) is 2.03. The molecule has 1 aliphatic rings. The molecule has 1 N–H and O–H groups in total. The van der Waals surface area contributed by atoms with E-state index < -0.39 is 11.9 Å². The van der Waals surface area contributed by atoms with Gasteiger partial charge in [0.25, 0.3) is 0 Å². The van der Waals surface area contributed by atoms with Crippen LogP contribution < -0.4 is 5.32 Å². The summed E-state index contributed by atoms with van der Waals surface area (Å²) in [6.07, 6.45) is 0.251. The molecule has 7 heteroatoms. The average Bonchev–Trinajstić information content (AvgIpc) is 2.94. The molecule has 0 saturated carbocycles. The van der Waals surface area contributed by atoms with Gasteiger partial charge < -0.3 is 15.0 Å². The summed E-state index contributed by atoms with van der Waals surface area (Å²) < 4.78 is 18.0. The summed E-state index contributed by atoms with van der Waals surface area (Å²) in [5, 5.41) is 2.65. The molecule has 21 heavy (non-hydrogen) atoms. The molecule has 0 spiro atoms. The Kier molecular flexibility index (Phi) is 5.58. The lowest BCUT2D eigenvalue weighted by molar-refractivity contribution is -0.136. The van der Waals surface area contributed by atoms with Gasteiger partial charge in [-0.3, -0.25) is 9.59 Å². The Hall–Kier alpha value is -1.60. The number of halogens is 1. The summed E-state index contributed by atoms with van der Waals surface area (Å²) in [7, 11) is 1.53. The van der Waals surface area contributed by atoms with Gasteiger partial charge in [-0.2, -0.15) is 0 Å². The molecule has 1 aromatic rings. The monoisotopic (exact) mass is 312 g/mol. The fourth-order valence-corrected chi connectivity index (χ4v) is 3.21. The first-order valence-corrected chi connectivity index (χ1v) is 7.70. The van der Waals surface area contributed by atoms with Gasteiger partial charge in [-0.05, 0) is 18.2 Å². The molecule has 1 unspecified atom stereocenters. The predicted octanol–water partition coefficient (Wildman–Crippen LogP) is 1.70. The van der Waals surface area contributed by atoms with Crippen molar-refractivity contribution in [1.82, 2.24) is 4.90 Å². The standard InChI is InChI=1S/C14H17FN2O3S/c1-20-6-5-13(18)17-9-21-8-12(17)14(19)16-11-4-2-3-10(15)7-11/h2-4,7,12H,5-6,8-9H2,1H3,(H,16,19). The summed E-state index contributed by atoms with van der Waals surface area (Å²) in [5.74, 6) is 0.211. The van der Waals surface area contributed by atoms with E-state index in [1.54, 1.807) is 6.07 Å². The number of carbonyl (C=O) groups is 2. The Morgan fingerprint density at radius 1 is 1.52 bits per heavy atom. The largest absolute Gasteiger partial charge is 0.384 e. The van der Waals surface area contributed by atoms with Crippen LogP contribution in [0.25, 0.3) is 0 Å². The van der Waals surface area contributed by atoms with Gasteiger partial charge in [0.1, 0.15) is 11.9 Å². The number of thioether (sulfide) groups is 1. The molecule has 2 amide bonds. The molecule has 1 atom stereocenters. The number of rotatable bonds is 5. The van der Waals surface area contributed by atoms with Crippen molar-refractivity contribution in [2.75, 3.05) is 30.7 Å². The molecule has 2 rings (SSSR count). The van der Waals surface area contributed by atoms with E-state index in [2.05, 4.69) is 5.32 Å². The summed E-state index contributed by atoms with van der Waals surface area (Å²) in [4.78, 5) is 25.8. The summed E-state index contributed by atoms with van der Waals surface area (Å²) in [6, 6.07) is 5.16. The minimum absolute atomic E-state index is 0.110. The van der Waals surface area contributed by atoms with E-state index >= 15 is 0 Å². The van der Waals surface area contributed by atoms with E-state index in [9.17, 15) is 14.0 Å². The molecule has 1 heterocycles. The minimum Gasteiger partial charge on any atom is -0.384 e. The summed E-state index contributed by atoms with van der Waals surface area (Å²) in [5.41, 5.74) is 0.390. The zero-order valence-corrected chi connectivity index (χ0v) is 12.5. The average molecular weight is 312 g/mol. The number of carbonyl (C=O) groups excluding carboxylic acids is 2. The van der Waals surface area contributed by atoms with Crippen molar-refractivity contribution >= 4 is 29.3 Å². The molecule has 114 valence electrons. The van der Waals surface area contributed by atoms with Crippen molar-refractivity contribution < 1.29 is 18.7 Å². The van der Waals surface area contributed by atoms with E-state index in [4.69, 9.17) is 4.74 Å². The van der Waals surface area contributed by atoms with Crippen LogP contribution in [0.5, 0.6) is 0 Å². The Morgan fingerprint density at radius 2 is 2.33 bits per heavy atom. The van der Waals surface area contributed by atoms with Gasteiger partial charge >= 0.3 is 0 Å². The van der Waals surface area contributed by atoms with Crippen LogP contribution in [0.1, 0.15) is 6.42 Å². The van der Waals surface area contributed by atoms with Gasteiger partial charge in [-0.1, -0.05) is 6.07 Å². The minimum atomic E-state index is -0.525. The highest BCUT2D eigenvalue weighted by Crippen LogP contribution is 2.23. The third-order valence-electron chi connectivity index (χ3n) is 3.12. The van der Waals surface area contributed by atoms with Crippen LogP contribution in [0.3, 0.4) is 0 Å². The molecule has 5 nitrogen and oxygen atoms in total. The number of benzene rings is 1. The molecule has 1 fully saturated rings. The van der Waals surface area contributed by atoms with Crippen molar-refractivity contribution in [3.05, 3.63) is 30.1 Å². The van der Waals surface area contributed by atoms with E-state index in [1.165, 1.54) is 42.0 Å². The zero-order chi connectivity index (χ0) is 15.2. The molecule has 0 aromatic heterocycles. The molecular weight excluding hydrogens is 295 g/mol. The lowest BCUT2D eigenvalue weighted by Gasteiger charge is -2.23. The lowest BCUT2D eigenvalue weighted by Crippen LogP contribution is -2.44. The summed E-state index contributed by atoms with van der Waals surface area (Å²) >= 11 is 1.52. The van der Waals surface area contributed by atoms with E-state index in [1.807, 2.05) is 0 Å². The SMILES string of the molecule is COCCC(=O)N1CSCC1C(=O)Nc1cccc(F)c1. The normalized spacial score (nSPS) is 17.8. The third-order valence-corrected chi connectivity index (χ3v) is 4.13. The number of amides is 2. The third kappa shape index (κ3) is 4.18. The van der Waals surface area contributed by atoms with Gasteiger partial charge in [0.05, 0.1) is 18.9 Å². The van der Waals surface area contributed by atoms with Crippen LogP contribution >= 0.6 is 11.8 Å². The molecule has 0 aliphatic carbocycles. The molecule has 1 aliphatic heterocycles. The second-order valence-corrected chi connectivity index (χ2v) is 5.62. The van der Waals surface area contributed by atoms with Crippen molar-refractivity contribution in [2.24, 2.45) is 0 Å². The van der Waals surface area contributed by atoms with Gasteiger partial charge in [0.15, 0.2) is 0 Å². The highest BCUT2D eigenvalue weighted by atomic mass is 32.2. The van der Waals surface area contributed by atoms with Crippen LogP contribution in [0.15, 0.2) is 24.3 Å². The highest BCUT2D eigenvalue weighted by molar-refractivity contribution is 7.99. The van der Waals surface area contributed by atoms with Gasteiger partial charge in [0, 0.05) is 18.6 Å². The maximum atomic E-state index is 13.1. The number of anilines is 1. The van der Waals surface area contributed by atoms with Crippen LogP contribution in [0.2, 0.25) is 0 Å². The van der Waals surface area contributed by atoms with Crippen molar-refractivity contribution in [2.45, 2.75) is 12.5 Å². The maximum Gasteiger partial charge on any atom is 0.248 e. The lowest BCUT2D eigenvalue weighted by atomic mass is 10.2. The Labute approximate surface area is 126 Å². The summed E-state index contributed by atoms with van der Waals surface area (Å²) in [6.45, 7) is 0.332. The predicted molar refractivity (Wildman–Crippen MR) is 79.5 cm³/mol. The quantitative estimate of drug-likeness (QED) is 0.899. The first-order valence-electron chi connectivity index (χ1n) is 6.54. The number of hydrogen-bond donors (Lipinski definition) is 1. The van der Waals surface area contributed by atoms with Crippen LogP contribution in [-0.2, 0) is 14.3 Å². The Bertz CT molecular complexity index is 527. The van der Waals surface area contributed by atoms with Gasteiger partial charge in [0.2, 0.25) is 11.8 Å². The zero-order valence-electron chi connectivity index (χ0n) is 11.7. The second-order valence-electron chi connectivity index (χ2n) is 4.62. The second kappa shape index (κ2) is 7.42. The number of hydrogen-bond acceptors (Lipinski definition) is 4. The first-order chi connectivity index (χ1) is 10.1. The maximum absolute atomic E-state index is 13.1. The van der Waals surface area contributed by atoms with E-state index in [0.717, 1.165) is 0 Å². The van der Waals surface area contributed by atoms with Crippen LogP contribution in [-0.4, -0.2) is 48.1 Å². The first kappa shape index (κ1) is 15.8. The van der Waals surface area contributed by atoms with Crippen molar-refractivity contribution in [3.63, 3.8) is 0 Å². The van der Waals surface area contributed by atoms with Crippen molar-refractivity contribution in [1.29, 1.82) is 0 Å². The Balaban J connectivity index is 1.99. The number of ether oxygens (including phenoxy) is 1. The number of methoxy groups -OCH3 is 1. The van der Waals surface area contributed by atoms with E-state index in [0.29, 0.717) is 23.9 Å². The van der Waals surface area contributed by atoms with Crippen LogP contribution in [0, 0.1) is 5.82 Å². The molecule has 1 saturated heterocycles. The van der Waals surface area contributed by atoms with Crippen molar-refractivity contribution in [3.8, 4) is 0 Å². The molecule has 0 bridgehead atoms.